The van der Waals surface area contributed by atoms with E-state index in [2.05, 4.69) is 5.32 Å². The topological polar surface area (TPSA) is 32.3 Å². The predicted octanol–water partition coefficient (Wildman–Crippen LogP) is 3.42. The molecule has 0 amide bonds. The SMILES string of the molecule is Cc1cccc(NC(CO)c2cccc(F)c2F)c1. The number of aryl methyl sites for hydroxylation is 1. The van der Waals surface area contributed by atoms with Crippen molar-refractivity contribution in [3.05, 3.63) is 65.2 Å². The third-order valence-electron chi connectivity index (χ3n) is 2.90. The van der Waals surface area contributed by atoms with Crippen LogP contribution >= 0.6 is 0 Å². The van der Waals surface area contributed by atoms with Gasteiger partial charge in [-0.15, -0.1) is 0 Å². The van der Waals surface area contributed by atoms with Gasteiger partial charge < -0.3 is 10.4 Å². The standard InChI is InChI=1S/C15H15F2NO/c1-10-4-2-5-11(8-10)18-14(9-19)12-6-3-7-13(16)15(12)17/h2-8,14,18-19H,9H2,1H3. The molecule has 0 heterocycles. The van der Waals surface area contributed by atoms with Crippen molar-refractivity contribution in [1.82, 2.24) is 0 Å². The molecule has 0 aliphatic carbocycles. The maximum absolute atomic E-state index is 13.7. The Bertz CT molecular complexity index is 572. The quantitative estimate of drug-likeness (QED) is 0.886. The molecule has 19 heavy (non-hydrogen) atoms. The molecule has 0 aromatic heterocycles. The molecule has 2 rings (SSSR count). The summed E-state index contributed by atoms with van der Waals surface area (Å²) in [6.07, 6.45) is 0. The number of hydrogen-bond acceptors (Lipinski definition) is 2. The number of anilines is 1. The van der Waals surface area contributed by atoms with Gasteiger partial charge in [0.25, 0.3) is 0 Å². The van der Waals surface area contributed by atoms with Gasteiger partial charge in [-0.25, -0.2) is 8.78 Å². The van der Waals surface area contributed by atoms with Gasteiger partial charge in [0, 0.05) is 11.3 Å². The van der Waals surface area contributed by atoms with E-state index in [1.165, 1.54) is 12.1 Å². The van der Waals surface area contributed by atoms with Crippen molar-refractivity contribution in [1.29, 1.82) is 0 Å². The molecule has 0 fully saturated rings. The second-order valence-corrected chi connectivity index (χ2v) is 4.39. The number of aliphatic hydroxyl groups is 1. The summed E-state index contributed by atoms with van der Waals surface area (Å²) in [5, 5.41) is 12.4. The minimum Gasteiger partial charge on any atom is -0.394 e. The normalized spacial score (nSPS) is 12.2. The molecule has 0 aliphatic rings. The van der Waals surface area contributed by atoms with E-state index in [0.717, 1.165) is 17.3 Å². The van der Waals surface area contributed by atoms with Crippen LogP contribution in [0.2, 0.25) is 0 Å². The fourth-order valence-electron chi connectivity index (χ4n) is 1.95. The first-order chi connectivity index (χ1) is 9.11. The Hall–Kier alpha value is -1.94. The van der Waals surface area contributed by atoms with Crippen LogP contribution in [0.3, 0.4) is 0 Å². The maximum atomic E-state index is 13.7. The van der Waals surface area contributed by atoms with Gasteiger partial charge in [0.2, 0.25) is 0 Å². The van der Waals surface area contributed by atoms with Gasteiger partial charge in [-0.05, 0) is 30.7 Å². The van der Waals surface area contributed by atoms with E-state index in [-0.39, 0.29) is 12.2 Å². The third kappa shape index (κ3) is 3.09. The smallest absolute Gasteiger partial charge is 0.164 e. The number of rotatable bonds is 4. The molecule has 2 nitrogen and oxygen atoms in total. The third-order valence-corrected chi connectivity index (χ3v) is 2.90. The molecular weight excluding hydrogens is 248 g/mol. The van der Waals surface area contributed by atoms with Gasteiger partial charge in [0.1, 0.15) is 0 Å². The van der Waals surface area contributed by atoms with Crippen molar-refractivity contribution in [2.24, 2.45) is 0 Å². The van der Waals surface area contributed by atoms with E-state index >= 15 is 0 Å². The molecule has 0 radical (unpaired) electrons. The average Bonchev–Trinajstić information content (AvgIpc) is 2.40. The lowest BCUT2D eigenvalue weighted by atomic mass is 10.1. The number of nitrogens with one attached hydrogen (secondary N) is 1. The summed E-state index contributed by atoms with van der Waals surface area (Å²) in [6.45, 7) is 1.61. The van der Waals surface area contributed by atoms with Crippen LogP contribution in [-0.4, -0.2) is 11.7 Å². The van der Waals surface area contributed by atoms with E-state index in [1.807, 2.05) is 31.2 Å². The van der Waals surface area contributed by atoms with Gasteiger partial charge in [-0.1, -0.05) is 24.3 Å². The zero-order valence-corrected chi connectivity index (χ0v) is 10.5. The van der Waals surface area contributed by atoms with Crippen molar-refractivity contribution < 1.29 is 13.9 Å². The highest BCUT2D eigenvalue weighted by molar-refractivity contribution is 5.47. The van der Waals surface area contributed by atoms with Gasteiger partial charge in [-0.3, -0.25) is 0 Å². The molecule has 2 N–H and O–H groups in total. The van der Waals surface area contributed by atoms with Crippen LogP contribution in [0, 0.1) is 18.6 Å². The molecule has 0 spiro atoms. The van der Waals surface area contributed by atoms with E-state index in [4.69, 9.17) is 0 Å². The van der Waals surface area contributed by atoms with Crippen LogP contribution in [-0.2, 0) is 0 Å². The van der Waals surface area contributed by atoms with E-state index in [1.54, 1.807) is 0 Å². The lowest BCUT2D eigenvalue weighted by Gasteiger charge is -2.19. The van der Waals surface area contributed by atoms with Crippen molar-refractivity contribution in [2.75, 3.05) is 11.9 Å². The molecule has 2 aromatic rings. The Balaban J connectivity index is 2.28. The Morgan fingerprint density at radius 2 is 1.89 bits per heavy atom. The highest BCUT2D eigenvalue weighted by Gasteiger charge is 2.17. The van der Waals surface area contributed by atoms with E-state index in [0.29, 0.717) is 0 Å². The van der Waals surface area contributed by atoms with Crippen molar-refractivity contribution in [3.63, 3.8) is 0 Å². The van der Waals surface area contributed by atoms with E-state index < -0.39 is 17.7 Å². The molecule has 0 saturated heterocycles. The van der Waals surface area contributed by atoms with Crippen LogP contribution < -0.4 is 5.32 Å². The molecular formula is C15H15F2NO. The molecule has 100 valence electrons. The number of benzene rings is 2. The first-order valence-corrected chi connectivity index (χ1v) is 6.00. The van der Waals surface area contributed by atoms with Crippen molar-refractivity contribution in [3.8, 4) is 0 Å². The summed E-state index contributed by atoms with van der Waals surface area (Å²) in [4.78, 5) is 0. The highest BCUT2D eigenvalue weighted by Crippen LogP contribution is 2.23. The molecule has 0 saturated carbocycles. The van der Waals surface area contributed by atoms with Crippen LogP contribution in [0.1, 0.15) is 17.2 Å². The predicted molar refractivity (Wildman–Crippen MR) is 71.0 cm³/mol. The second kappa shape index (κ2) is 5.80. The van der Waals surface area contributed by atoms with Crippen LogP contribution in [0.5, 0.6) is 0 Å². The summed E-state index contributed by atoms with van der Waals surface area (Å²) < 4.78 is 26.9. The minimum absolute atomic E-state index is 0.115. The minimum atomic E-state index is -0.929. The fourth-order valence-corrected chi connectivity index (χ4v) is 1.95. The molecule has 1 atom stereocenters. The lowest BCUT2D eigenvalue weighted by Crippen LogP contribution is -2.17. The van der Waals surface area contributed by atoms with Gasteiger partial charge >= 0.3 is 0 Å². The fraction of sp³-hybridized carbons (Fsp3) is 0.200. The molecule has 0 aliphatic heterocycles. The number of aliphatic hydroxyl groups excluding tert-OH is 1. The molecule has 1 unspecified atom stereocenters. The number of halogens is 2. The van der Waals surface area contributed by atoms with Crippen LogP contribution in [0.4, 0.5) is 14.5 Å². The summed E-state index contributed by atoms with van der Waals surface area (Å²) in [5.74, 6) is -1.84. The van der Waals surface area contributed by atoms with Crippen LogP contribution in [0.15, 0.2) is 42.5 Å². The van der Waals surface area contributed by atoms with Crippen molar-refractivity contribution >= 4 is 5.69 Å². The molecule has 4 heteroatoms. The Morgan fingerprint density at radius 3 is 2.58 bits per heavy atom. The Labute approximate surface area is 110 Å². The Kier molecular flexibility index (Phi) is 4.12. The zero-order valence-electron chi connectivity index (χ0n) is 10.5. The first-order valence-electron chi connectivity index (χ1n) is 6.00. The zero-order chi connectivity index (χ0) is 13.8. The summed E-state index contributed by atoms with van der Waals surface area (Å²) in [5.41, 5.74) is 1.91. The molecule has 0 bridgehead atoms. The first kappa shape index (κ1) is 13.5. The largest absolute Gasteiger partial charge is 0.394 e. The molecule has 2 aromatic carbocycles. The van der Waals surface area contributed by atoms with E-state index in [9.17, 15) is 13.9 Å². The summed E-state index contributed by atoms with van der Waals surface area (Å²) in [6, 6.07) is 10.7. The van der Waals surface area contributed by atoms with Crippen LogP contribution in [0.25, 0.3) is 0 Å². The van der Waals surface area contributed by atoms with Crippen molar-refractivity contribution in [2.45, 2.75) is 13.0 Å². The second-order valence-electron chi connectivity index (χ2n) is 4.39. The van der Waals surface area contributed by atoms with Gasteiger partial charge in [0.05, 0.1) is 12.6 Å². The summed E-state index contributed by atoms with van der Waals surface area (Å²) in [7, 11) is 0. The number of hydrogen-bond donors (Lipinski definition) is 2. The van der Waals surface area contributed by atoms with Gasteiger partial charge in [0.15, 0.2) is 11.6 Å². The maximum Gasteiger partial charge on any atom is 0.164 e. The lowest BCUT2D eigenvalue weighted by molar-refractivity contribution is 0.273. The van der Waals surface area contributed by atoms with Gasteiger partial charge in [-0.2, -0.15) is 0 Å². The highest BCUT2D eigenvalue weighted by atomic mass is 19.2. The monoisotopic (exact) mass is 263 g/mol. The summed E-state index contributed by atoms with van der Waals surface area (Å²) >= 11 is 0. The Morgan fingerprint density at radius 1 is 1.16 bits per heavy atom. The average molecular weight is 263 g/mol.